The van der Waals surface area contributed by atoms with Gasteiger partial charge in [0.15, 0.2) is 0 Å². The van der Waals surface area contributed by atoms with Crippen LogP contribution in [0.5, 0.6) is 23.0 Å². The normalized spacial score (nSPS) is 11.5. The van der Waals surface area contributed by atoms with E-state index in [-0.39, 0.29) is 0 Å². The number of hydrogen-bond acceptors (Lipinski definition) is 2. The quantitative estimate of drug-likeness (QED) is 0.151. The van der Waals surface area contributed by atoms with Gasteiger partial charge in [0, 0.05) is 32.9 Å². The topological polar surface area (TPSA) is 50.0 Å². The fourth-order valence-corrected chi connectivity index (χ4v) is 8.94. The summed E-state index contributed by atoms with van der Waals surface area (Å²) >= 11 is 0. The lowest BCUT2D eigenvalue weighted by molar-refractivity contribution is 0.484. The molecule has 11 aromatic rings. The van der Waals surface area contributed by atoms with E-state index in [9.17, 15) is 0 Å². The van der Waals surface area contributed by atoms with Gasteiger partial charge in [0.2, 0.25) is 0 Å². The van der Waals surface area contributed by atoms with E-state index in [1.54, 1.807) is 0 Å². The highest BCUT2D eigenvalue weighted by molar-refractivity contribution is 6.21. The van der Waals surface area contributed by atoms with Crippen LogP contribution < -0.4 is 9.47 Å². The van der Waals surface area contributed by atoms with Crippen molar-refractivity contribution in [2.75, 3.05) is 0 Å². The highest BCUT2D eigenvalue weighted by atomic mass is 16.5. The van der Waals surface area contributed by atoms with Crippen LogP contribution in [0.4, 0.5) is 0 Å². The number of rotatable bonds is 8. The maximum Gasteiger partial charge on any atom is 0.137 e. The van der Waals surface area contributed by atoms with Crippen molar-refractivity contribution >= 4 is 43.4 Å². The molecule has 0 bridgehead atoms. The van der Waals surface area contributed by atoms with Crippen LogP contribution in [0.3, 0.4) is 0 Å². The number of ether oxygens (including phenoxy) is 2. The highest BCUT2D eigenvalue weighted by Gasteiger charge is 2.19. The van der Waals surface area contributed by atoms with Crippen molar-refractivity contribution in [1.29, 1.82) is 0 Å². The van der Waals surface area contributed by atoms with Crippen molar-refractivity contribution in [2.45, 2.75) is 13.8 Å². The largest absolute Gasteiger partial charge is 0.457 e. The van der Waals surface area contributed by atoms with Crippen LogP contribution in [0.15, 0.2) is 194 Å². The van der Waals surface area contributed by atoms with E-state index >= 15 is 0 Å². The molecule has 9 aromatic carbocycles. The molecule has 4 nitrogen and oxygen atoms in total. The van der Waals surface area contributed by atoms with E-state index in [1.165, 1.54) is 43.4 Å². The van der Waals surface area contributed by atoms with Gasteiger partial charge in [0.1, 0.15) is 23.0 Å². The Kier molecular flexibility index (Phi) is 8.56. The second-order valence-electron chi connectivity index (χ2n) is 15.5. The third kappa shape index (κ3) is 6.18. The van der Waals surface area contributed by atoms with E-state index in [0.29, 0.717) is 0 Å². The first-order valence-electron chi connectivity index (χ1n) is 20.4. The predicted octanol–water partition coefficient (Wildman–Crippen LogP) is 15.8. The summed E-state index contributed by atoms with van der Waals surface area (Å²) in [7, 11) is 0. The first-order chi connectivity index (χ1) is 29.6. The van der Waals surface area contributed by atoms with Crippen LogP contribution in [-0.4, -0.2) is 9.97 Å². The van der Waals surface area contributed by atoms with Crippen LogP contribution in [-0.2, 0) is 0 Å². The lowest BCUT2D eigenvalue weighted by Crippen LogP contribution is -1.93. The third-order valence-corrected chi connectivity index (χ3v) is 11.7. The lowest BCUT2D eigenvalue weighted by atomic mass is 9.86. The molecule has 0 aliphatic heterocycles. The van der Waals surface area contributed by atoms with Crippen molar-refractivity contribution < 1.29 is 9.47 Å². The zero-order chi connectivity index (χ0) is 40.2. The zero-order valence-electron chi connectivity index (χ0n) is 33.3. The molecule has 0 radical (unpaired) electrons. The Bertz CT molecular complexity index is 3040. The van der Waals surface area contributed by atoms with Gasteiger partial charge < -0.3 is 19.4 Å². The van der Waals surface area contributed by atoms with Gasteiger partial charge >= 0.3 is 0 Å². The monoisotopic (exact) mass is 772 g/mol. The van der Waals surface area contributed by atoms with Crippen LogP contribution >= 0.6 is 0 Å². The molecule has 0 atom stereocenters. The van der Waals surface area contributed by atoms with Gasteiger partial charge in [-0.2, -0.15) is 0 Å². The fraction of sp³-hybridized carbons (Fsp3) is 0.0357. The Balaban J connectivity index is 0.935. The molecule has 60 heavy (non-hydrogen) atoms. The molecular formula is C56H40N2O2. The van der Waals surface area contributed by atoms with E-state index in [4.69, 9.17) is 9.47 Å². The minimum absolute atomic E-state index is 0.786. The van der Waals surface area contributed by atoms with Gasteiger partial charge in [0.25, 0.3) is 0 Å². The molecule has 0 saturated carbocycles. The summed E-state index contributed by atoms with van der Waals surface area (Å²) in [5, 5.41) is 7.14. The summed E-state index contributed by atoms with van der Waals surface area (Å²) < 4.78 is 13.3. The Morgan fingerprint density at radius 1 is 0.333 bits per heavy atom. The molecule has 286 valence electrons. The molecule has 2 aromatic heterocycles. The molecule has 0 saturated heterocycles. The highest BCUT2D eigenvalue weighted by Crippen LogP contribution is 2.45. The SMILES string of the molecule is Cc1cccc(Oc2ccc(-c3c4ccccc4c(-c4ccc(Oc5cccc(C)c5-c5cc6ccccc6[nH]5)cc4)c4ccccc34)cc2)c1-c1cc2ccccc2[nH]1. The number of para-hydroxylation sites is 2. The summed E-state index contributed by atoms with van der Waals surface area (Å²) in [6.07, 6.45) is 0. The van der Waals surface area contributed by atoms with Crippen molar-refractivity contribution in [2.24, 2.45) is 0 Å². The Hall–Kier alpha value is -7.82. The molecule has 2 heterocycles. The molecule has 0 spiro atoms. The van der Waals surface area contributed by atoms with Gasteiger partial charge in [-0.05, 0) is 129 Å². The van der Waals surface area contributed by atoms with Crippen LogP contribution in [0.25, 0.3) is 88.1 Å². The summed E-state index contributed by atoms with van der Waals surface area (Å²) in [5.74, 6) is 3.21. The molecule has 0 unspecified atom stereocenters. The summed E-state index contributed by atoms with van der Waals surface area (Å²) in [6.45, 7) is 4.26. The number of hydrogen-bond donors (Lipinski definition) is 2. The molecule has 0 amide bonds. The summed E-state index contributed by atoms with van der Waals surface area (Å²) in [5.41, 5.74) is 13.4. The number of H-pyrrole nitrogens is 2. The first kappa shape index (κ1) is 35.4. The van der Waals surface area contributed by atoms with Crippen LogP contribution in [0.2, 0.25) is 0 Å². The predicted molar refractivity (Wildman–Crippen MR) is 249 cm³/mol. The molecule has 2 N–H and O–H groups in total. The van der Waals surface area contributed by atoms with Crippen LogP contribution in [0, 0.1) is 13.8 Å². The van der Waals surface area contributed by atoms with Crippen molar-refractivity contribution in [1.82, 2.24) is 9.97 Å². The lowest BCUT2D eigenvalue weighted by Gasteiger charge is -2.18. The molecule has 0 fully saturated rings. The number of aryl methyl sites for hydroxylation is 2. The Morgan fingerprint density at radius 2 is 0.700 bits per heavy atom. The van der Waals surface area contributed by atoms with Crippen LogP contribution in [0.1, 0.15) is 11.1 Å². The average molecular weight is 773 g/mol. The summed E-state index contributed by atoms with van der Waals surface area (Å²) in [4.78, 5) is 7.20. The number of benzene rings is 9. The molecular weight excluding hydrogens is 733 g/mol. The number of aromatic amines is 2. The van der Waals surface area contributed by atoms with E-state index in [1.807, 2.05) is 12.1 Å². The fourth-order valence-electron chi connectivity index (χ4n) is 8.94. The molecule has 11 rings (SSSR count). The minimum atomic E-state index is 0.786. The van der Waals surface area contributed by atoms with E-state index in [0.717, 1.165) is 78.8 Å². The number of aromatic nitrogens is 2. The smallest absolute Gasteiger partial charge is 0.137 e. The van der Waals surface area contributed by atoms with E-state index in [2.05, 4.69) is 206 Å². The van der Waals surface area contributed by atoms with Crippen molar-refractivity contribution in [3.05, 3.63) is 205 Å². The summed E-state index contributed by atoms with van der Waals surface area (Å²) in [6, 6.07) is 68.2. The average Bonchev–Trinajstić information content (AvgIpc) is 3.91. The first-order valence-corrected chi connectivity index (χ1v) is 20.4. The van der Waals surface area contributed by atoms with Crippen molar-refractivity contribution in [3.63, 3.8) is 0 Å². The second kappa shape index (κ2) is 14.5. The third-order valence-electron chi connectivity index (χ3n) is 11.7. The van der Waals surface area contributed by atoms with Gasteiger partial charge in [-0.25, -0.2) is 0 Å². The van der Waals surface area contributed by atoms with Gasteiger partial charge in [0.05, 0.1) is 11.4 Å². The second-order valence-corrected chi connectivity index (χ2v) is 15.5. The number of fused-ring (bicyclic) bond motifs is 4. The maximum absolute atomic E-state index is 6.65. The maximum atomic E-state index is 6.65. The molecule has 0 aliphatic rings. The zero-order valence-corrected chi connectivity index (χ0v) is 33.3. The van der Waals surface area contributed by atoms with Gasteiger partial charge in [-0.3, -0.25) is 0 Å². The Morgan fingerprint density at radius 3 is 1.08 bits per heavy atom. The minimum Gasteiger partial charge on any atom is -0.457 e. The Labute approximate surface area is 348 Å². The molecule has 4 heteroatoms. The van der Waals surface area contributed by atoms with E-state index < -0.39 is 0 Å². The number of nitrogens with one attached hydrogen (secondary N) is 2. The van der Waals surface area contributed by atoms with Gasteiger partial charge in [-0.15, -0.1) is 0 Å². The molecule has 0 aliphatic carbocycles. The van der Waals surface area contributed by atoms with Gasteiger partial charge in [-0.1, -0.05) is 133 Å². The standard InChI is InChI=1S/C56H40N2O2/c1-35-13-11-23-51(53(35)49-33-39-15-3-9-21-47(39)57-49)59-41-29-25-37(26-30-41)55-43-17-5-7-19-45(43)56(46-20-8-6-18-44(46)55)38-27-31-42(32-28-38)60-52-24-12-14-36(2)54(52)50-34-40-16-4-10-22-48(40)58-50/h3-34,57-58H,1-2H3. The van der Waals surface area contributed by atoms with Crippen molar-refractivity contribution in [3.8, 4) is 67.8 Å².